The average Bonchev–Trinajstić information content (AvgIpc) is 3.52. The van der Waals surface area contributed by atoms with E-state index in [1.807, 2.05) is 16.7 Å². The fourth-order valence-corrected chi connectivity index (χ4v) is 7.06. The zero-order chi connectivity index (χ0) is 21.4. The van der Waals surface area contributed by atoms with E-state index >= 15 is 0 Å². The van der Waals surface area contributed by atoms with Crippen LogP contribution in [0.15, 0.2) is 32.8 Å². The summed E-state index contributed by atoms with van der Waals surface area (Å²) in [6.07, 6.45) is 10.3. The molecular formula is C23H27N3O3S2. The second kappa shape index (κ2) is 8.82. The molecule has 0 radical (unpaired) electrons. The molecule has 0 N–H and O–H groups in total. The van der Waals surface area contributed by atoms with Crippen LogP contribution in [0.1, 0.15) is 60.8 Å². The zero-order valence-corrected chi connectivity index (χ0v) is 19.4. The summed E-state index contributed by atoms with van der Waals surface area (Å²) in [5.74, 6) is 1.01. The van der Waals surface area contributed by atoms with Crippen LogP contribution in [0.4, 0.5) is 0 Å². The summed E-state index contributed by atoms with van der Waals surface area (Å²) in [6.45, 7) is 0.436. The highest BCUT2D eigenvalue weighted by Crippen LogP contribution is 2.37. The molecule has 0 spiro atoms. The van der Waals surface area contributed by atoms with Crippen molar-refractivity contribution < 1.29 is 9.21 Å². The van der Waals surface area contributed by atoms with Crippen LogP contribution in [-0.2, 0) is 24.2 Å². The van der Waals surface area contributed by atoms with Gasteiger partial charge in [0.15, 0.2) is 5.16 Å². The van der Waals surface area contributed by atoms with Crippen molar-refractivity contribution in [2.24, 2.45) is 0 Å². The van der Waals surface area contributed by atoms with Gasteiger partial charge < -0.3 is 9.32 Å². The first-order chi connectivity index (χ1) is 15.1. The van der Waals surface area contributed by atoms with Crippen LogP contribution in [0.25, 0.3) is 10.2 Å². The quantitative estimate of drug-likeness (QED) is 0.393. The topological polar surface area (TPSA) is 68.3 Å². The predicted molar refractivity (Wildman–Crippen MR) is 124 cm³/mol. The van der Waals surface area contributed by atoms with Crippen molar-refractivity contribution in [1.82, 2.24) is 14.5 Å². The van der Waals surface area contributed by atoms with Gasteiger partial charge in [0.1, 0.15) is 10.6 Å². The van der Waals surface area contributed by atoms with Crippen LogP contribution in [0.2, 0.25) is 0 Å². The number of furan rings is 1. The monoisotopic (exact) mass is 457 g/mol. The summed E-state index contributed by atoms with van der Waals surface area (Å²) in [7, 11) is 1.78. The molecule has 6 nitrogen and oxygen atoms in total. The molecule has 1 fully saturated rings. The minimum atomic E-state index is -0.000748. The largest absolute Gasteiger partial charge is 0.467 e. The van der Waals surface area contributed by atoms with Gasteiger partial charge in [0.25, 0.3) is 5.56 Å². The van der Waals surface area contributed by atoms with Gasteiger partial charge in [-0.15, -0.1) is 11.3 Å². The molecule has 0 aliphatic heterocycles. The highest BCUT2D eigenvalue weighted by Gasteiger charge is 2.27. The number of carbonyl (C=O) groups excluding carboxylic acids is 1. The number of amides is 1. The number of hydrogen-bond donors (Lipinski definition) is 0. The Hall–Kier alpha value is -2.06. The Kier molecular flexibility index (Phi) is 5.93. The molecule has 3 aromatic rings. The van der Waals surface area contributed by atoms with Crippen molar-refractivity contribution in [1.29, 1.82) is 0 Å². The van der Waals surface area contributed by atoms with Gasteiger partial charge in [0.2, 0.25) is 5.91 Å². The number of aromatic nitrogens is 2. The Morgan fingerprint density at radius 2 is 2.10 bits per heavy atom. The molecule has 164 valence electrons. The van der Waals surface area contributed by atoms with Gasteiger partial charge in [0.05, 0.1) is 23.9 Å². The van der Waals surface area contributed by atoms with E-state index in [2.05, 4.69) is 0 Å². The summed E-state index contributed by atoms with van der Waals surface area (Å²) < 4.78 is 7.27. The standard InChI is InChI=1S/C23H27N3O3S2/c1-25(13-16-9-6-12-29-16)19(27)14-30-23-24-21-20(17-10-4-5-11-18(17)31-21)22(28)26(23)15-7-2-3-8-15/h6,9,12,15H,2-5,7-8,10-11,13-14H2,1H3. The zero-order valence-electron chi connectivity index (χ0n) is 17.8. The Morgan fingerprint density at radius 1 is 1.29 bits per heavy atom. The maximum Gasteiger partial charge on any atom is 0.263 e. The molecule has 0 bridgehead atoms. The van der Waals surface area contributed by atoms with Gasteiger partial charge in [0, 0.05) is 18.0 Å². The van der Waals surface area contributed by atoms with Crippen LogP contribution in [0.3, 0.4) is 0 Å². The molecule has 0 saturated heterocycles. The molecule has 3 heterocycles. The maximum atomic E-state index is 13.7. The number of rotatable bonds is 6. The molecule has 8 heteroatoms. The Bertz CT molecular complexity index is 1140. The second-order valence-corrected chi connectivity index (χ2v) is 10.5. The molecule has 1 saturated carbocycles. The number of hydrogen-bond acceptors (Lipinski definition) is 6. The highest BCUT2D eigenvalue weighted by molar-refractivity contribution is 7.99. The van der Waals surface area contributed by atoms with Gasteiger partial charge in [-0.25, -0.2) is 4.98 Å². The maximum absolute atomic E-state index is 13.7. The summed E-state index contributed by atoms with van der Waals surface area (Å²) in [5.41, 5.74) is 1.34. The van der Waals surface area contributed by atoms with Crippen molar-refractivity contribution >= 4 is 39.2 Å². The van der Waals surface area contributed by atoms with Gasteiger partial charge in [-0.2, -0.15) is 0 Å². The number of aryl methyl sites for hydroxylation is 2. The van der Waals surface area contributed by atoms with E-state index in [0.29, 0.717) is 11.7 Å². The highest BCUT2D eigenvalue weighted by atomic mass is 32.2. The molecule has 3 aromatic heterocycles. The molecular weight excluding hydrogens is 430 g/mol. The second-order valence-electron chi connectivity index (χ2n) is 8.52. The minimum absolute atomic E-state index is 0.000748. The van der Waals surface area contributed by atoms with E-state index in [1.165, 1.54) is 28.6 Å². The Morgan fingerprint density at radius 3 is 2.87 bits per heavy atom. The fourth-order valence-electron chi connectivity index (χ4n) is 4.75. The average molecular weight is 458 g/mol. The van der Waals surface area contributed by atoms with E-state index in [9.17, 15) is 9.59 Å². The molecule has 5 rings (SSSR count). The summed E-state index contributed by atoms with van der Waals surface area (Å²) in [5, 5.41) is 1.54. The number of carbonyl (C=O) groups is 1. The third kappa shape index (κ3) is 4.07. The van der Waals surface area contributed by atoms with Crippen molar-refractivity contribution in [3.05, 3.63) is 45.0 Å². The number of thiophene rings is 1. The van der Waals surface area contributed by atoms with Crippen LogP contribution < -0.4 is 5.56 Å². The van der Waals surface area contributed by atoms with Gasteiger partial charge in [-0.1, -0.05) is 24.6 Å². The van der Waals surface area contributed by atoms with Crippen LogP contribution in [-0.4, -0.2) is 33.2 Å². The van der Waals surface area contributed by atoms with E-state index in [1.54, 1.807) is 29.5 Å². The van der Waals surface area contributed by atoms with Crippen molar-refractivity contribution in [3.8, 4) is 0 Å². The molecule has 0 aromatic carbocycles. The van der Waals surface area contributed by atoms with Gasteiger partial charge in [-0.05, 0) is 56.2 Å². The van der Waals surface area contributed by atoms with Gasteiger partial charge >= 0.3 is 0 Å². The molecule has 1 amide bonds. The third-order valence-electron chi connectivity index (χ3n) is 6.40. The molecule has 0 atom stereocenters. The molecule has 0 unspecified atom stereocenters. The molecule has 2 aliphatic carbocycles. The van der Waals surface area contributed by atoms with E-state index < -0.39 is 0 Å². The molecule has 2 aliphatic rings. The van der Waals surface area contributed by atoms with Crippen molar-refractivity contribution in [2.75, 3.05) is 12.8 Å². The smallest absolute Gasteiger partial charge is 0.263 e. The SMILES string of the molecule is CN(Cc1ccco1)C(=O)CSc1nc2sc3c(c2c(=O)n1C1CCCC1)CCCC3. The first kappa shape index (κ1) is 20.8. The van der Waals surface area contributed by atoms with Gasteiger partial charge in [-0.3, -0.25) is 14.2 Å². The summed E-state index contributed by atoms with van der Waals surface area (Å²) in [6, 6.07) is 3.88. The lowest BCUT2D eigenvalue weighted by Crippen LogP contribution is -2.29. The van der Waals surface area contributed by atoms with Crippen molar-refractivity contribution in [3.63, 3.8) is 0 Å². The van der Waals surface area contributed by atoms with E-state index in [4.69, 9.17) is 9.40 Å². The number of thioether (sulfide) groups is 1. The van der Waals surface area contributed by atoms with Crippen LogP contribution in [0, 0.1) is 0 Å². The fraction of sp³-hybridized carbons (Fsp3) is 0.522. The number of fused-ring (bicyclic) bond motifs is 3. The first-order valence-electron chi connectivity index (χ1n) is 11.1. The Labute approximate surface area is 189 Å². The molecule has 31 heavy (non-hydrogen) atoms. The lowest BCUT2D eigenvalue weighted by molar-refractivity contribution is -0.127. The van der Waals surface area contributed by atoms with Crippen LogP contribution >= 0.6 is 23.1 Å². The third-order valence-corrected chi connectivity index (χ3v) is 8.53. The normalized spacial score (nSPS) is 16.7. The van der Waals surface area contributed by atoms with E-state index in [0.717, 1.165) is 60.9 Å². The Balaban J connectivity index is 1.45. The predicted octanol–water partition coefficient (Wildman–Crippen LogP) is 4.80. The number of nitrogens with zero attached hydrogens (tertiary/aromatic N) is 3. The lowest BCUT2D eigenvalue weighted by Gasteiger charge is -2.19. The summed E-state index contributed by atoms with van der Waals surface area (Å²) >= 11 is 3.07. The lowest BCUT2D eigenvalue weighted by atomic mass is 9.97. The van der Waals surface area contributed by atoms with Crippen LogP contribution in [0.5, 0.6) is 0 Å². The van der Waals surface area contributed by atoms with Crippen molar-refractivity contribution in [2.45, 2.75) is 69.1 Å². The first-order valence-corrected chi connectivity index (χ1v) is 12.9. The van der Waals surface area contributed by atoms with E-state index in [-0.39, 0.29) is 23.3 Å². The minimum Gasteiger partial charge on any atom is -0.467 e. The summed E-state index contributed by atoms with van der Waals surface area (Å²) in [4.78, 5) is 35.2.